The van der Waals surface area contributed by atoms with Crippen LogP contribution in [0, 0.1) is 5.92 Å². The maximum atomic E-state index is 13.2. The number of carbonyl (C=O) groups excluding carboxylic acids is 2. The molecule has 2 heterocycles. The van der Waals surface area contributed by atoms with Gasteiger partial charge in [-0.05, 0) is 35.7 Å². The minimum absolute atomic E-state index is 0.0520. The van der Waals surface area contributed by atoms with Gasteiger partial charge >= 0.3 is 0 Å². The smallest absolute Gasteiger partial charge is 0.272 e. The van der Waals surface area contributed by atoms with Crippen molar-refractivity contribution < 1.29 is 14.3 Å². The van der Waals surface area contributed by atoms with Crippen molar-refractivity contribution in [1.82, 2.24) is 14.8 Å². The second kappa shape index (κ2) is 9.64. The zero-order chi connectivity index (χ0) is 22.5. The fourth-order valence-corrected chi connectivity index (χ4v) is 4.21. The Balaban J connectivity index is 1.64. The number of ether oxygens (including phenoxy) is 1. The monoisotopic (exact) mass is 429 g/mol. The third-order valence-electron chi connectivity index (χ3n) is 5.92. The van der Waals surface area contributed by atoms with Crippen LogP contribution in [0.15, 0.2) is 72.9 Å². The maximum Gasteiger partial charge on any atom is 0.272 e. The second-order valence-corrected chi connectivity index (χ2v) is 7.98. The van der Waals surface area contributed by atoms with E-state index in [1.54, 1.807) is 48.4 Å². The summed E-state index contributed by atoms with van der Waals surface area (Å²) in [7, 11) is 3.46. The van der Waals surface area contributed by atoms with Gasteiger partial charge in [-0.1, -0.05) is 48.5 Å². The highest BCUT2D eigenvalue weighted by molar-refractivity contribution is 5.93. The molecule has 0 aliphatic carbocycles. The van der Waals surface area contributed by atoms with Crippen molar-refractivity contribution in [3.63, 3.8) is 0 Å². The summed E-state index contributed by atoms with van der Waals surface area (Å²) < 4.78 is 5.57. The Kier molecular flexibility index (Phi) is 6.50. The maximum absolute atomic E-state index is 13.2. The summed E-state index contributed by atoms with van der Waals surface area (Å²) in [6, 6.07) is 21.2. The third-order valence-corrected chi connectivity index (χ3v) is 5.92. The Labute approximate surface area is 188 Å². The first-order valence-electron chi connectivity index (χ1n) is 10.7. The highest BCUT2D eigenvalue weighted by atomic mass is 16.5. The summed E-state index contributed by atoms with van der Waals surface area (Å²) in [5.41, 5.74) is 3.47. The van der Waals surface area contributed by atoms with Gasteiger partial charge in [-0.2, -0.15) is 0 Å². The van der Waals surface area contributed by atoms with Gasteiger partial charge in [0.15, 0.2) is 0 Å². The second-order valence-electron chi connectivity index (χ2n) is 7.98. The number of pyridine rings is 1. The van der Waals surface area contributed by atoms with Gasteiger partial charge in [-0.25, -0.2) is 0 Å². The predicted molar refractivity (Wildman–Crippen MR) is 123 cm³/mol. The molecule has 1 atom stereocenters. The first-order valence-corrected chi connectivity index (χ1v) is 10.7. The zero-order valence-electron chi connectivity index (χ0n) is 18.4. The number of hydrogen-bond acceptors (Lipinski definition) is 4. The van der Waals surface area contributed by atoms with Crippen LogP contribution in [0.5, 0.6) is 5.75 Å². The lowest BCUT2D eigenvalue weighted by molar-refractivity contribution is -0.133. The number of aromatic nitrogens is 1. The molecule has 2 amide bonds. The van der Waals surface area contributed by atoms with Crippen LogP contribution < -0.4 is 4.74 Å². The Hall–Kier alpha value is -3.67. The van der Waals surface area contributed by atoms with E-state index in [0.29, 0.717) is 31.7 Å². The van der Waals surface area contributed by atoms with E-state index in [1.165, 1.54) is 0 Å². The zero-order valence-corrected chi connectivity index (χ0v) is 18.4. The van der Waals surface area contributed by atoms with Crippen molar-refractivity contribution in [3.8, 4) is 16.9 Å². The molecule has 1 aromatic heterocycles. The number of amides is 2. The Bertz CT molecular complexity index is 1100. The fraction of sp³-hybridized carbons (Fsp3) is 0.269. The van der Waals surface area contributed by atoms with Crippen molar-refractivity contribution >= 4 is 11.8 Å². The highest BCUT2D eigenvalue weighted by Crippen LogP contribution is 2.33. The van der Waals surface area contributed by atoms with E-state index >= 15 is 0 Å². The van der Waals surface area contributed by atoms with Gasteiger partial charge in [0.1, 0.15) is 11.4 Å². The van der Waals surface area contributed by atoms with Gasteiger partial charge in [-0.15, -0.1) is 0 Å². The number of likely N-dealkylation sites (N-methyl/N-ethyl adjacent to an activating group) is 1. The molecule has 0 spiro atoms. The molecule has 0 N–H and O–H groups in total. The van der Waals surface area contributed by atoms with E-state index in [4.69, 9.17) is 4.74 Å². The summed E-state index contributed by atoms with van der Waals surface area (Å²) in [4.78, 5) is 33.9. The molecular weight excluding hydrogens is 402 g/mol. The van der Waals surface area contributed by atoms with Crippen LogP contribution in [-0.4, -0.2) is 60.4 Å². The van der Waals surface area contributed by atoms with Gasteiger partial charge in [0, 0.05) is 38.4 Å². The standard InChI is InChI=1S/C26H27N3O3/c1-28-15-16-29(26(31)23-12-7-8-14-27-23)18-20(25(28)30)17-19-9-3-4-10-21(19)22-11-5-6-13-24(22)32-2/h3-14,20H,15-18H2,1-2H3. The molecule has 1 aliphatic heterocycles. The molecule has 6 heteroatoms. The van der Waals surface area contributed by atoms with Crippen molar-refractivity contribution in [2.24, 2.45) is 5.92 Å². The predicted octanol–water partition coefficient (Wildman–Crippen LogP) is 3.53. The summed E-state index contributed by atoms with van der Waals surface area (Å²) in [6.07, 6.45) is 2.15. The van der Waals surface area contributed by atoms with Crippen LogP contribution in [0.3, 0.4) is 0 Å². The third kappa shape index (κ3) is 4.49. The molecule has 0 saturated carbocycles. The quantitative estimate of drug-likeness (QED) is 0.623. The molecule has 2 aromatic carbocycles. The van der Waals surface area contributed by atoms with Crippen molar-refractivity contribution in [3.05, 3.63) is 84.2 Å². The molecule has 1 fully saturated rings. The van der Waals surface area contributed by atoms with E-state index in [0.717, 1.165) is 22.4 Å². The number of nitrogens with zero attached hydrogens (tertiary/aromatic N) is 3. The average Bonchev–Trinajstić information content (AvgIpc) is 2.98. The van der Waals surface area contributed by atoms with Gasteiger partial charge in [-0.3, -0.25) is 14.6 Å². The lowest BCUT2D eigenvalue weighted by atomic mass is 9.91. The molecule has 1 unspecified atom stereocenters. The van der Waals surface area contributed by atoms with Crippen LogP contribution in [0.1, 0.15) is 16.1 Å². The number of rotatable bonds is 5. The molecular formula is C26H27N3O3. The number of para-hydroxylation sites is 1. The average molecular weight is 430 g/mol. The molecule has 1 saturated heterocycles. The number of carbonyl (C=O) groups is 2. The molecule has 1 aliphatic rings. The van der Waals surface area contributed by atoms with Crippen LogP contribution >= 0.6 is 0 Å². The highest BCUT2D eigenvalue weighted by Gasteiger charge is 2.32. The van der Waals surface area contributed by atoms with Crippen molar-refractivity contribution in [2.45, 2.75) is 6.42 Å². The molecule has 6 nitrogen and oxygen atoms in total. The van der Waals surface area contributed by atoms with Crippen LogP contribution in [0.2, 0.25) is 0 Å². The van der Waals surface area contributed by atoms with Gasteiger partial charge in [0.2, 0.25) is 5.91 Å². The number of methoxy groups -OCH3 is 1. The first kappa shape index (κ1) is 21.6. The summed E-state index contributed by atoms with van der Waals surface area (Å²) in [5, 5.41) is 0. The first-order chi connectivity index (χ1) is 15.6. The fourth-order valence-electron chi connectivity index (χ4n) is 4.21. The van der Waals surface area contributed by atoms with Gasteiger partial charge in [0.05, 0.1) is 13.0 Å². The van der Waals surface area contributed by atoms with E-state index in [-0.39, 0.29) is 17.7 Å². The number of hydrogen-bond donors (Lipinski definition) is 0. The van der Waals surface area contributed by atoms with Crippen LogP contribution in [0.25, 0.3) is 11.1 Å². The van der Waals surface area contributed by atoms with E-state index in [2.05, 4.69) is 11.1 Å². The van der Waals surface area contributed by atoms with E-state index in [1.807, 2.05) is 42.5 Å². The summed E-state index contributed by atoms with van der Waals surface area (Å²) in [6.45, 7) is 1.35. The van der Waals surface area contributed by atoms with Crippen molar-refractivity contribution in [2.75, 3.05) is 33.8 Å². The molecule has 3 aromatic rings. The van der Waals surface area contributed by atoms with Crippen LogP contribution in [0.4, 0.5) is 0 Å². The topological polar surface area (TPSA) is 62.7 Å². The van der Waals surface area contributed by atoms with Crippen molar-refractivity contribution in [1.29, 1.82) is 0 Å². The minimum Gasteiger partial charge on any atom is -0.496 e. The molecule has 32 heavy (non-hydrogen) atoms. The minimum atomic E-state index is -0.342. The van der Waals surface area contributed by atoms with Gasteiger partial charge in [0.25, 0.3) is 5.91 Å². The molecule has 4 rings (SSSR count). The molecule has 0 bridgehead atoms. The molecule has 0 radical (unpaired) electrons. The SMILES string of the molecule is COc1ccccc1-c1ccccc1CC1CN(C(=O)c2ccccn2)CCN(C)C1=O. The summed E-state index contributed by atoms with van der Waals surface area (Å²) in [5.74, 6) is 0.357. The lowest BCUT2D eigenvalue weighted by Gasteiger charge is -2.24. The Morgan fingerprint density at radius 3 is 2.47 bits per heavy atom. The molecule has 164 valence electrons. The largest absolute Gasteiger partial charge is 0.496 e. The normalized spacial score (nSPS) is 16.6. The van der Waals surface area contributed by atoms with E-state index in [9.17, 15) is 9.59 Å². The Morgan fingerprint density at radius 2 is 1.72 bits per heavy atom. The van der Waals surface area contributed by atoms with Crippen LogP contribution in [-0.2, 0) is 11.2 Å². The van der Waals surface area contributed by atoms with E-state index < -0.39 is 0 Å². The lowest BCUT2D eigenvalue weighted by Crippen LogP contribution is -2.37. The number of benzene rings is 2. The Morgan fingerprint density at radius 1 is 1.00 bits per heavy atom. The summed E-state index contributed by atoms with van der Waals surface area (Å²) >= 11 is 0. The van der Waals surface area contributed by atoms with Gasteiger partial charge < -0.3 is 14.5 Å².